The summed E-state index contributed by atoms with van der Waals surface area (Å²) >= 11 is 55.7. The number of rotatable bonds is 21. The predicted octanol–water partition coefficient (Wildman–Crippen LogP) is 27.4. The highest BCUT2D eigenvalue weighted by molar-refractivity contribution is 6.37. The summed E-state index contributed by atoms with van der Waals surface area (Å²) in [5.74, 6) is -2.01. The van der Waals surface area contributed by atoms with Gasteiger partial charge < -0.3 is 41.1 Å². The number of aromatic nitrogens is 12. The van der Waals surface area contributed by atoms with Crippen molar-refractivity contribution in [2.45, 2.75) is 116 Å². The summed E-state index contributed by atoms with van der Waals surface area (Å²) in [5.41, 5.74) is 19.6. The lowest BCUT2D eigenvalue weighted by atomic mass is 9.89. The molecule has 3 fully saturated rings. The van der Waals surface area contributed by atoms with Gasteiger partial charge in [0.05, 0.1) is 116 Å². The van der Waals surface area contributed by atoms with E-state index in [1.54, 1.807) is 41.4 Å². The molecule has 732 valence electrons. The number of carbonyl (C=O) groups is 2. The first-order chi connectivity index (χ1) is 69.1. The molecule has 19 rings (SSSR count). The number of anilines is 7. The second kappa shape index (κ2) is 50.1. The van der Waals surface area contributed by atoms with Gasteiger partial charge in [-0.15, -0.1) is 15.3 Å². The summed E-state index contributed by atoms with van der Waals surface area (Å²) in [6.45, 7) is 14.9. The van der Waals surface area contributed by atoms with Crippen molar-refractivity contribution in [3.63, 3.8) is 0 Å². The van der Waals surface area contributed by atoms with Gasteiger partial charge in [0, 0.05) is 123 Å². The molecular formula is C106H96Cl9F3N22O3. The number of hydrogen-bond acceptors (Lipinski definition) is 21. The molecule has 3 aliphatic heterocycles. The minimum Gasteiger partial charge on any atom is -0.445 e. The number of halogens is 12. The van der Waals surface area contributed by atoms with Gasteiger partial charge in [0.25, 0.3) is 0 Å². The van der Waals surface area contributed by atoms with E-state index in [4.69, 9.17) is 115 Å². The third-order valence-corrected chi connectivity index (χ3v) is 26.9. The zero-order valence-corrected chi connectivity index (χ0v) is 84.9. The Kier molecular flexibility index (Phi) is 37.0. The quantitative estimate of drug-likeness (QED) is 0.0383. The summed E-state index contributed by atoms with van der Waals surface area (Å²) in [6, 6.07) is 63.7. The van der Waals surface area contributed by atoms with Crippen molar-refractivity contribution < 1.29 is 27.5 Å². The van der Waals surface area contributed by atoms with E-state index in [0.717, 1.165) is 109 Å². The van der Waals surface area contributed by atoms with E-state index in [1.165, 1.54) is 60.6 Å². The molecule has 143 heavy (non-hydrogen) atoms. The maximum absolute atomic E-state index is 13.9. The number of nitrogens with two attached hydrogens (primary N) is 1. The Morgan fingerprint density at radius 1 is 0.469 bits per heavy atom. The van der Waals surface area contributed by atoms with Crippen molar-refractivity contribution in [1.29, 1.82) is 15.8 Å². The first-order valence-electron chi connectivity index (χ1n) is 45.9. The summed E-state index contributed by atoms with van der Waals surface area (Å²) in [7, 11) is 2.12. The minimum atomic E-state index is -0.564. The molecule has 2 atom stereocenters. The molecule has 25 nitrogen and oxygen atoms in total. The van der Waals surface area contributed by atoms with Crippen LogP contribution in [0.4, 0.5) is 57.8 Å². The van der Waals surface area contributed by atoms with Crippen LogP contribution in [0.1, 0.15) is 161 Å². The molecule has 0 saturated carbocycles. The molecule has 0 spiro atoms. The van der Waals surface area contributed by atoms with Crippen LogP contribution < -0.4 is 21.7 Å². The number of benzene rings is 10. The van der Waals surface area contributed by atoms with Crippen LogP contribution in [-0.2, 0) is 24.2 Å². The molecule has 6 aromatic heterocycles. The number of nitrogen functional groups attached to an aromatic ring is 1. The number of carbonyl (C=O) groups excluding carboxylic acids is 2. The summed E-state index contributed by atoms with van der Waals surface area (Å²) in [6.07, 6.45) is 17.2. The molecule has 3 aliphatic rings. The second-order valence-corrected chi connectivity index (χ2v) is 37.7. The summed E-state index contributed by atoms with van der Waals surface area (Å²) < 4.78 is 52.6. The molecule has 1 amide bonds. The van der Waals surface area contributed by atoms with Gasteiger partial charge in [-0.25, -0.2) is 32.0 Å². The fraction of sp³-hybridized carbons (Fsp3) is 0.245. The maximum atomic E-state index is 13.9. The van der Waals surface area contributed by atoms with Crippen LogP contribution in [0.15, 0.2) is 231 Å². The number of amides is 1. The fourth-order valence-electron chi connectivity index (χ4n) is 16.8. The van der Waals surface area contributed by atoms with Gasteiger partial charge in [-0.05, 0) is 240 Å². The SMILES string of the molecule is CC.CCN1CCC(n2cc(C(Cc3cc(Cl)c4ncc(C#N)c(Nc5ccc(F)c(Cl)c5)c4c3)c3ccc(Cl)cc3)nn2)CC1.CN1CCC(n2cc(C=O)nn2)CC1.Cc1ccc(Cl)cc1.N#Cc1cnc2c(Cl)cc(CC(c3ccc(Cl)cc3)c3cn(C4CCN(C(=O)OCc5ccccc5)CC4)nn3)cc2c1Nc1ccc(F)c(Cl)c1.N#Cc1cnc2c(Cl)cc(N)cc2c1Nc1ccc(Cl)c(F)c1. The van der Waals surface area contributed by atoms with Crippen LogP contribution in [0.2, 0.25) is 45.2 Å². The molecule has 0 bridgehead atoms. The maximum Gasteiger partial charge on any atom is 0.410 e. The van der Waals surface area contributed by atoms with E-state index < -0.39 is 17.5 Å². The molecule has 0 aliphatic carbocycles. The van der Waals surface area contributed by atoms with E-state index in [1.807, 2.05) is 174 Å². The van der Waals surface area contributed by atoms with Crippen molar-refractivity contribution >= 4 is 189 Å². The van der Waals surface area contributed by atoms with Crippen molar-refractivity contribution in [2.24, 2.45) is 0 Å². The summed E-state index contributed by atoms with van der Waals surface area (Å²) in [4.78, 5) is 42.8. The van der Waals surface area contributed by atoms with Gasteiger partial charge in [-0.3, -0.25) is 19.7 Å². The van der Waals surface area contributed by atoms with Gasteiger partial charge in [0.1, 0.15) is 48.0 Å². The third kappa shape index (κ3) is 27.4. The zero-order chi connectivity index (χ0) is 101. The highest BCUT2D eigenvalue weighted by Crippen LogP contribution is 2.43. The topological polar surface area (TPSA) is 317 Å². The molecule has 5 N–H and O–H groups in total. The molecule has 9 heterocycles. The lowest BCUT2D eigenvalue weighted by Gasteiger charge is -2.31. The number of likely N-dealkylation sites (tertiary alicyclic amines) is 3. The number of piperidine rings is 3. The minimum absolute atomic E-state index is 0.0166. The number of nitrogens with zero attached hydrogens (tertiary/aromatic N) is 18. The Morgan fingerprint density at radius 2 is 0.874 bits per heavy atom. The highest BCUT2D eigenvalue weighted by Gasteiger charge is 2.31. The van der Waals surface area contributed by atoms with Crippen molar-refractivity contribution in [1.82, 2.24) is 74.6 Å². The smallest absolute Gasteiger partial charge is 0.410 e. The van der Waals surface area contributed by atoms with E-state index in [-0.39, 0.29) is 56.8 Å². The first-order valence-corrected chi connectivity index (χ1v) is 49.3. The number of pyridine rings is 3. The molecule has 0 radical (unpaired) electrons. The van der Waals surface area contributed by atoms with Gasteiger partial charge in [-0.2, -0.15) is 15.8 Å². The van der Waals surface area contributed by atoms with Crippen LogP contribution >= 0.6 is 104 Å². The lowest BCUT2D eigenvalue weighted by Crippen LogP contribution is -2.39. The normalized spacial score (nSPS) is 13.8. The third-order valence-electron chi connectivity index (χ3n) is 24.4. The predicted molar refractivity (Wildman–Crippen MR) is 563 cm³/mol. The number of nitriles is 3. The molecule has 2 unspecified atom stereocenters. The number of aldehydes is 1. The van der Waals surface area contributed by atoms with Crippen molar-refractivity contribution in [3.8, 4) is 18.2 Å². The largest absolute Gasteiger partial charge is 0.445 e. The number of fused-ring (bicyclic) bond motifs is 3. The van der Waals surface area contributed by atoms with Gasteiger partial charge in [-0.1, -0.05) is 213 Å². The van der Waals surface area contributed by atoms with Gasteiger partial charge in [0.15, 0.2) is 6.29 Å². The van der Waals surface area contributed by atoms with E-state index >= 15 is 0 Å². The Morgan fingerprint density at radius 3 is 1.29 bits per heavy atom. The fourth-order valence-corrected chi connectivity index (χ4v) is 18.5. The number of aryl methyl sites for hydroxylation is 1. The van der Waals surface area contributed by atoms with Crippen LogP contribution in [0.25, 0.3) is 32.7 Å². The van der Waals surface area contributed by atoms with Gasteiger partial charge >= 0.3 is 6.09 Å². The van der Waals surface area contributed by atoms with Gasteiger partial charge in [0.2, 0.25) is 0 Å². The molecular weight excluding hydrogens is 2010 g/mol. The lowest BCUT2D eigenvalue weighted by molar-refractivity contribution is 0.0819. The Bertz CT molecular complexity index is 7270. The molecule has 16 aromatic rings. The average molecular weight is 2100 g/mol. The van der Waals surface area contributed by atoms with Crippen LogP contribution in [0.3, 0.4) is 0 Å². The zero-order valence-electron chi connectivity index (χ0n) is 78.1. The Balaban J connectivity index is 0.000000158. The Hall–Kier alpha value is -13.2. The number of nitrogens with one attached hydrogen (secondary N) is 3. The molecule has 3 saturated heterocycles. The molecule has 37 heteroatoms. The second-order valence-electron chi connectivity index (χ2n) is 33.9. The van der Waals surface area contributed by atoms with Crippen LogP contribution in [0.5, 0.6) is 0 Å². The van der Waals surface area contributed by atoms with E-state index in [0.29, 0.717) is 160 Å². The van der Waals surface area contributed by atoms with Crippen molar-refractivity contribution in [2.75, 3.05) is 74.5 Å². The first kappa shape index (κ1) is 106. The standard InChI is InChI=1S/C39H31Cl3FN7O2.C33H29Cl3FN7.C16H9Cl2FN4.C9H14N4O.C7H7Cl.C2H6/c40-28-8-6-26(7-9-28)31(36-22-50(48-47-36)30-12-14-49(15-13-30)39(51)52-23-24-4-2-1-3-5-24)16-25-17-32-37(46-29-10-11-35(43)33(41)19-29)27(20-44)21-45-38(32)34(42)18-25;1-2-43-11-9-25(10-12-43)44-19-31(41-42-44)26(21-3-5-23(34)6-4-21)13-20-14-27-32(40-24-7-8-30(37)28(35)16-24)22(17-38)18-39-33(27)29(36)15-20;17-12-2-1-10(5-14(12)19)23-15-8(6-20)7-22-16-11(15)3-9(21)4-13(16)18;1-12-4-2-9(3-5-12)13-6-8(7-14)10-11-13;1-6-2-4-7(8)5-3-6;1-2/h1-11,17-19,21-22,30-31H,12-16,23H2,(H,45,46);3-8,14-16,18-19,25-26H,2,9-13H2,1H3,(H,39,40);1-5,7H,21H2,(H,22,23);6-7,9H,2-5H2,1H3;2-5H,1H3;1-2H3. The molecule has 10 aromatic carbocycles. The number of hydrogen-bond donors (Lipinski definition) is 4. The Labute approximate surface area is 870 Å². The van der Waals surface area contributed by atoms with Crippen LogP contribution in [-0.4, -0.2) is 140 Å². The van der Waals surface area contributed by atoms with E-state index in [2.05, 4.69) is 104 Å². The average Bonchev–Trinajstić information content (AvgIpc) is 1.60. The van der Waals surface area contributed by atoms with Crippen LogP contribution in [0, 0.1) is 58.4 Å². The van der Waals surface area contributed by atoms with Crippen molar-refractivity contribution in [3.05, 3.63) is 361 Å². The highest BCUT2D eigenvalue weighted by atomic mass is 35.5. The number of ether oxygens (including phenoxy) is 1. The van der Waals surface area contributed by atoms with E-state index in [9.17, 15) is 38.5 Å². The summed E-state index contributed by atoms with van der Waals surface area (Å²) in [5, 5.41) is 69.9. The monoisotopic (exact) mass is 2100 g/mol.